The molecule has 0 bridgehead atoms. The first-order valence-electron chi connectivity index (χ1n) is 9.09. The Bertz CT molecular complexity index is 727. The summed E-state index contributed by atoms with van der Waals surface area (Å²) in [7, 11) is 0. The van der Waals surface area contributed by atoms with Crippen molar-refractivity contribution in [1.82, 2.24) is 10.3 Å². The molecular formula is C21H28N2O3. The molecule has 0 saturated heterocycles. The minimum atomic E-state index is -0.140. The highest BCUT2D eigenvalue weighted by Crippen LogP contribution is 2.33. The quantitative estimate of drug-likeness (QED) is 0.765. The summed E-state index contributed by atoms with van der Waals surface area (Å²) in [4.78, 5) is 16.8. The van der Waals surface area contributed by atoms with E-state index in [0.29, 0.717) is 24.5 Å². The number of nitrogens with zero attached hydrogens (tertiary/aromatic N) is 1. The molecule has 26 heavy (non-hydrogen) atoms. The zero-order valence-electron chi connectivity index (χ0n) is 16.2. The molecule has 0 radical (unpaired) electrons. The van der Waals surface area contributed by atoms with Gasteiger partial charge in [-0.3, -0.25) is 9.78 Å². The average molecular weight is 356 g/mol. The van der Waals surface area contributed by atoms with Gasteiger partial charge in [-0.2, -0.15) is 0 Å². The maximum absolute atomic E-state index is 12.6. The number of nitrogens with one attached hydrogen (secondary N) is 1. The Morgan fingerprint density at radius 2 is 1.77 bits per heavy atom. The SMILES string of the molecule is CCOc1ccc([C@@H](NC(=O)c2ccc(C)nc2)C(C)C)cc1OCC. The number of hydrogen-bond acceptors (Lipinski definition) is 4. The topological polar surface area (TPSA) is 60.5 Å². The smallest absolute Gasteiger partial charge is 0.253 e. The van der Waals surface area contributed by atoms with Gasteiger partial charge in [-0.05, 0) is 56.5 Å². The molecule has 0 fully saturated rings. The van der Waals surface area contributed by atoms with E-state index in [0.717, 1.165) is 17.0 Å². The highest BCUT2D eigenvalue weighted by Gasteiger charge is 2.21. The maximum Gasteiger partial charge on any atom is 0.253 e. The molecule has 1 N–H and O–H groups in total. The summed E-state index contributed by atoms with van der Waals surface area (Å²) in [6, 6.07) is 9.32. The first-order valence-corrected chi connectivity index (χ1v) is 9.09. The molecule has 0 aliphatic heterocycles. The second-order valence-corrected chi connectivity index (χ2v) is 6.46. The maximum atomic E-state index is 12.6. The Hall–Kier alpha value is -2.56. The van der Waals surface area contributed by atoms with Crippen LogP contribution < -0.4 is 14.8 Å². The molecule has 1 amide bonds. The normalized spacial score (nSPS) is 11.9. The molecule has 0 spiro atoms. The molecule has 1 atom stereocenters. The van der Waals surface area contributed by atoms with Gasteiger partial charge in [0.1, 0.15) is 0 Å². The van der Waals surface area contributed by atoms with Crippen molar-refractivity contribution in [2.24, 2.45) is 5.92 Å². The fourth-order valence-electron chi connectivity index (χ4n) is 2.72. The van der Waals surface area contributed by atoms with E-state index >= 15 is 0 Å². The van der Waals surface area contributed by atoms with Crippen LogP contribution in [0.25, 0.3) is 0 Å². The Labute approximate surface area is 155 Å². The van der Waals surface area contributed by atoms with E-state index in [-0.39, 0.29) is 17.9 Å². The van der Waals surface area contributed by atoms with Gasteiger partial charge in [-0.1, -0.05) is 19.9 Å². The fraction of sp³-hybridized carbons (Fsp3) is 0.429. The zero-order valence-corrected chi connectivity index (χ0v) is 16.2. The number of pyridine rings is 1. The van der Waals surface area contributed by atoms with Crippen LogP contribution in [0.5, 0.6) is 11.5 Å². The van der Waals surface area contributed by atoms with Gasteiger partial charge in [0.15, 0.2) is 11.5 Å². The Kier molecular flexibility index (Phi) is 7.01. The molecule has 0 unspecified atom stereocenters. The van der Waals surface area contributed by atoms with Crippen molar-refractivity contribution in [2.45, 2.75) is 40.7 Å². The van der Waals surface area contributed by atoms with Gasteiger partial charge in [-0.25, -0.2) is 0 Å². The van der Waals surface area contributed by atoms with Crippen LogP contribution in [0.3, 0.4) is 0 Å². The number of carbonyl (C=O) groups is 1. The lowest BCUT2D eigenvalue weighted by Crippen LogP contribution is -2.31. The highest BCUT2D eigenvalue weighted by molar-refractivity contribution is 5.94. The molecule has 5 nitrogen and oxygen atoms in total. The molecule has 2 rings (SSSR count). The van der Waals surface area contributed by atoms with E-state index in [4.69, 9.17) is 9.47 Å². The molecule has 1 aromatic heterocycles. The standard InChI is InChI=1S/C21H28N2O3/c1-6-25-18-11-10-16(12-19(18)26-7-2)20(14(3)4)23-21(24)17-9-8-15(5)22-13-17/h8-14,20H,6-7H2,1-5H3,(H,23,24)/t20-/m0/s1. The van der Waals surface area contributed by atoms with Gasteiger partial charge in [0, 0.05) is 11.9 Å². The van der Waals surface area contributed by atoms with Crippen LogP contribution in [0, 0.1) is 12.8 Å². The first kappa shape index (κ1) is 19.8. The molecule has 1 aromatic carbocycles. The molecule has 0 aliphatic rings. The number of rotatable bonds is 8. The van der Waals surface area contributed by atoms with E-state index in [1.54, 1.807) is 12.3 Å². The molecule has 2 aromatic rings. The van der Waals surface area contributed by atoms with E-state index in [2.05, 4.69) is 24.1 Å². The summed E-state index contributed by atoms with van der Waals surface area (Å²) in [5.41, 5.74) is 2.42. The fourth-order valence-corrected chi connectivity index (χ4v) is 2.72. The van der Waals surface area contributed by atoms with Gasteiger partial charge < -0.3 is 14.8 Å². The van der Waals surface area contributed by atoms with Crippen molar-refractivity contribution in [3.8, 4) is 11.5 Å². The largest absolute Gasteiger partial charge is 0.490 e. The van der Waals surface area contributed by atoms with Crippen LogP contribution >= 0.6 is 0 Å². The summed E-state index contributed by atoms with van der Waals surface area (Å²) < 4.78 is 11.3. The Morgan fingerprint density at radius 1 is 1.08 bits per heavy atom. The van der Waals surface area contributed by atoms with Crippen molar-refractivity contribution in [3.63, 3.8) is 0 Å². The van der Waals surface area contributed by atoms with E-state index in [1.165, 1.54) is 0 Å². The van der Waals surface area contributed by atoms with E-state index < -0.39 is 0 Å². The molecule has 5 heteroatoms. The zero-order chi connectivity index (χ0) is 19.1. The minimum Gasteiger partial charge on any atom is -0.490 e. The van der Waals surface area contributed by atoms with Crippen LogP contribution in [0.15, 0.2) is 36.5 Å². The monoisotopic (exact) mass is 356 g/mol. The van der Waals surface area contributed by atoms with Gasteiger partial charge >= 0.3 is 0 Å². The van der Waals surface area contributed by atoms with Crippen LogP contribution in [0.2, 0.25) is 0 Å². The van der Waals surface area contributed by atoms with Crippen molar-refractivity contribution in [3.05, 3.63) is 53.3 Å². The van der Waals surface area contributed by atoms with Crippen molar-refractivity contribution in [2.75, 3.05) is 13.2 Å². The minimum absolute atomic E-state index is 0.136. The van der Waals surface area contributed by atoms with Crippen LogP contribution in [0.1, 0.15) is 55.4 Å². The van der Waals surface area contributed by atoms with Gasteiger partial charge in [0.05, 0.1) is 24.8 Å². The number of carbonyl (C=O) groups excluding carboxylic acids is 1. The summed E-state index contributed by atoms with van der Waals surface area (Å²) in [5, 5.41) is 3.11. The summed E-state index contributed by atoms with van der Waals surface area (Å²) in [5.74, 6) is 1.49. The highest BCUT2D eigenvalue weighted by atomic mass is 16.5. The number of ether oxygens (including phenoxy) is 2. The molecule has 0 saturated carbocycles. The third-order valence-electron chi connectivity index (χ3n) is 4.05. The lowest BCUT2D eigenvalue weighted by atomic mass is 9.95. The summed E-state index contributed by atoms with van der Waals surface area (Å²) in [6.45, 7) is 11.1. The molecule has 140 valence electrons. The lowest BCUT2D eigenvalue weighted by molar-refractivity contribution is 0.0925. The molecular weight excluding hydrogens is 328 g/mol. The summed E-state index contributed by atoms with van der Waals surface area (Å²) in [6.07, 6.45) is 1.60. The predicted molar refractivity (Wildman–Crippen MR) is 103 cm³/mol. The van der Waals surface area contributed by atoms with Crippen molar-refractivity contribution >= 4 is 5.91 Å². The van der Waals surface area contributed by atoms with Gasteiger partial charge in [0.25, 0.3) is 5.91 Å². The second kappa shape index (κ2) is 9.22. The van der Waals surface area contributed by atoms with Crippen LogP contribution in [0.4, 0.5) is 0 Å². The average Bonchev–Trinajstić information content (AvgIpc) is 2.62. The number of hydrogen-bond donors (Lipinski definition) is 1. The predicted octanol–water partition coefficient (Wildman–Crippen LogP) is 4.31. The Balaban J connectivity index is 2.27. The third-order valence-corrected chi connectivity index (χ3v) is 4.05. The van der Waals surface area contributed by atoms with E-state index in [9.17, 15) is 4.79 Å². The van der Waals surface area contributed by atoms with Gasteiger partial charge in [0.2, 0.25) is 0 Å². The number of benzene rings is 1. The lowest BCUT2D eigenvalue weighted by Gasteiger charge is -2.24. The number of aryl methyl sites for hydroxylation is 1. The van der Waals surface area contributed by atoms with Gasteiger partial charge in [-0.15, -0.1) is 0 Å². The van der Waals surface area contributed by atoms with Crippen molar-refractivity contribution in [1.29, 1.82) is 0 Å². The third kappa shape index (κ3) is 4.97. The van der Waals surface area contributed by atoms with Crippen LogP contribution in [-0.4, -0.2) is 24.1 Å². The van der Waals surface area contributed by atoms with Crippen LogP contribution in [-0.2, 0) is 0 Å². The molecule has 0 aliphatic carbocycles. The number of aromatic nitrogens is 1. The number of amides is 1. The second-order valence-electron chi connectivity index (χ2n) is 6.46. The molecule has 1 heterocycles. The Morgan fingerprint density at radius 3 is 2.35 bits per heavy atom. The summed E-state index contributed by atoms with van der Waals surface area (Å²) >= 11 is 0. The van der Waals surface area contributed by atoms with Crippen molar-refractivity contribution < 1.29 is 14.3 Å². The van der Waals surface area contributed by atoms with E-state index in [1.807, 2.05) is 45.0 Å². The first-order chi connectivity index (χ1) is 12.5.